The van der Waals surface area contributed by atoms with Gasteiger partial charge >= 0.3 is 108 Å². The van der Waals surface area contributed by atoms with Crippen LogP contribution in [0.5, 0.6) is 0 Å². The van der Waals surface area contributed by atoms with Gasteiger partial charge in [-0.3, -0.25) is 0 Å². The minimum absolute atomic E-state index is 0. The quantitative estimate of drug-likeness (QED) is 0.410. The topological polar surface area (TPSA) is 63.2 Å². The Morgan fingerprint density at radius 3 is 1.25 bits per heavy atom. The smallest absolute Gasteiger partial charge is 1.00 e. The Bertz CT molecular complexity index is 38.3. The van der Waals surface area contributed by atoms with Gasteiger partial charge in [-0.25, -0.2) is 0 Å². The number of hydrogen-bond acceptors (Lipinski definition) is 3. The fourth-order valence-electron chi connectivity index (χ4n) is 0. The van der Waals surface area contributed by atoms with Crippen LogP contribution in [-0.4, -0.2) is 30.5 Å². The van der Waals surface area contributed by atoms with Crippen LogP contribution in [0.15, 0.2) is 0 Å². The predicted molar refractivity (Wildman–Crippen MR) is 19.5 cm³/mol. The maximum atomic E-state index is 8.54. The first-order chi connectivity index (χ1) is 2.73. The molecule has 0 heterocycles. The maximum absolute atomic E-state index is 8.54. The van der Waals surface area contributed by atoms with Gasteiger partial charge in [-0.1, -0.05) is 0 Å². The molecular formula is CH4Na2O3Se2. The molecule has 0 aromatic carbocycles. The molecule has 0 aliphatic rings. The SMILES string of the molecule is C[SeH].O=[Se]([O-])[O-].[Na+].[Na+]. The predicted octanol–water partition coefficient (Wildman–Crippen LogP) is -8.93. The van der Waals surface area contributed by atoms with Gasteiger partial charge in [0.05, 0.1) is 0 Å². The molecule has 0 saturated heterocycles. The van der Waals surface area contributed by atoms with Crippen molar-refractivity contribution >= 4 is 30.5 Å². The third-order valence-electron chi connectivity index (χ3n) is 0. The van der Waals surface area contributed by atoms with Crippen LogP contribution in [0.3, 0.4) is 0 Å². The van der Waals surface area contributed by atoms with Crippen molar-refractivity contribution < 1.29 is 71.3 Å². The van der Waals surface area contributed by atoms with Crippen LogP contribution in [0.1, 0.15) is 0 Å². The average Bonchev–Trinajstić information content (AvgIpc) is 1.41. The molecule has 0 fully saturated rings. The molecule has 3 nitrogen and oxygen atoms in total. The summed E-state index contributed by atoms with van der Waals surface area (Å²) in [6.07, 6.45) is 0. The second-order valence-electron chi connectivity index (χ2n) is 0.204. The van der Waals surface area contributed by atoms with Crippen LogP contribution in [0.4, 0.5) is 0 Å². The van der Waals surface area contributed by atoms with E-state index >= 15 is 0 Å². The molecule has 8 heavy (non-hydrogen) atoms. The summed E-state index contributed by atoms with van der Waals surface area (Å²) in [6, 6.07) is 0. The molecule has 0 amide bonds. The first-order valence-electron chi connectivity index (χ1n) is 0.947. The van der Waals surface area contributed by atoms with E-state index in [9.17, 15) is 0 Å². The summed E-state index contributed by atoms with van der Waals surface area (Å²) in [5.41, 5.74) is 0. The van der Waals surface area contributed by atoms with Gasteiger partial charge < -0.3 is 0 Å². The van der Waals surface area contributed by atoms with Crippen LogP contribution in [0.2, 0.25) is 5.82 Å². The Morgan fingerprint density at radius 2 is 1.25 bits per heavy atom. The summed E-state index contributed by atoms with van der Waals surface area (Å²) in [7, 11) is 0. The Balaban J connectivity index is -0.0000000183. The van der Waals surface area contributed by atoms with E-state index in [1.54, 1.807) is 0 Å². The van der Waals surface area contributed by atoms with Crippen molar-refractivity contribution in [3.8, 4) is 0 Å². The van der Waals surface area contributed by atoms with E-state index in [2.05, 4.69) is 16.0 Å². The van der Waals surface area contributed by atoms with E-state index in [0.717, 1.165) is 0 Å². The van der Waals surface area contributed by atoms with Crippen LogP contribution < -0.4 is 67.5 Å². The fraction of sp³-hybridized carbons (Fsp3) is 1.00. The normalized spacial score (nSPS) is 5.12. The van der Waals surface area contributed by atoms with E-state index in [4.69, 9.17) is 12.2 Å². The van der Waals surface area contributed by atoms with Gasteiger partial charge in [-0.05, 0) is 0 Å². The van der Waals surface area contributed by atoms with E-state index in [1.165, 1.54) is 0 Å². The van der Waals surface area contributed by atoms with Crippen molar-refractivity contribution in [1.29, 1.82) is 0 Å². The first kappa shape index (κ1) is 22.4. The van der Waals surface area contributed by atoms with E-state index < -0.39 is 14.5 Å². The molecule has 0 spiro atoms. The van der Waals surface area contributed by atoms with Crippen LogP contribution in [0.25, 0.3) is 0 Å². The van der Waals surface area contributed by atoms with Crippen molar-refractivity contribution in [2.45, 2.75) is 5.82 Å². The van der Waals surface area contributed by atoms with Gasteiger partial charge in [0.15, 0.2) is 0 Å². The number of rotatable bonds is 0. The third-order valence-corrected chi connectivity index (χ3v) is 0. The zero-order chi connectivity index (χ0) is 5.58. The molecule has 0 rings (SSSR count). The molecule has 0 atom stereocenters. The molecule has 0 aliphatic carbocycles. The van der Waals surface area contributed by atoms with Crippen molar-refractivity contribution in [3.63, 3.8) is 0 Å². The summed E-state index contributed by atoms with van der Waals surface area (Å²) in [5, 5.41) is 0. The average molecular weight is 268 g/mol. The maximum Gasteiger partial charge on any atom is 1.00 e. The van der Waals surface area contributed by atoms with Crippen molar-refractivity contribution in [3.05, 3.63) is 0 Å². The third kappa shape index (κ3) is 69.3. The second-order valence-corrected chi connectivity index (χ2v) is 1.06. The summed E-state index contributed by atoms with van der Waals surface area (Å²) in [5.74, 6) is 1.94. The van der Waals surface area contributed by atoms with Crippen LogP contribution in [-0.2, 0) is 3.83 Å². The molecule has 0 saturated carbocycles. The van der Waals surface area contributed by atoms with Crippen LogP contribution >= 0.6 is 0 Å². The molecular weight excluding hydrogens is 264 g/mol. The minimum atomic E-state index is -3.79. The Labute approximate surface area is 106 Å². The summed E-state index contributed by atoms with van der Waals surface area (Å²) in [6.45, 7) is 0. The van der Waals surface area contributed by atoms with Gasteiger partial charge in [0.2, 0.25) is 0 Å². The largest absolute Gasteiger partial charge is 1.00 e. The summed E-state index contributed by atoms with van der Waals surface area (Å²) in [4.78, 5) is 0. The Hall–Kier alpha value is 2.76. The number of hydrogen-bond donors (Lipinski definition) is 0. The van der Waals surface area contributed by atoms with Crippen LogP contribution in [0, 0.1) is 0 Å². The van der Waals surface area contributed by atoms with Crippen molar-refractivity contribution in [1.82, 2.24) is 0 Å². The molecule has 0 bridgehead atoms. The van der Waals surface area contributed by atoms with Gasteiger partial charge in [0.25, 0.3) is 0 Å². The Kier molecular flexibility index (Phi) is 63.3. The molecule has 0 N–H and O–H groups in total. The molecule has 0 aliphatic heterocycles. The van der Waals surface area contributed by atoms with E-state index in [-0.39, 0.29) is 59.1 Å². The molecule has 7 heteroatoms. The monoisotopic (exact) mass is 270 g/mol. The van der Waals surface area contributed by atoms with Gasteiger partial charge in [0, 0.05) is 0 Å². The Morgan fingerprint density at radius 1 is 1.25 bits per heavy atom. The van der Waals surface area contributed by atoms with E-state index in [1.807, 2.05) is 5.82 Å². The molecule has 40 valence electrons. The first-order valence-corrected chi connectivity index (χ1v) is 4.92. The van der Waals surface area contributed by atoms with Crippen molar-refractivity contribution in [2.75, 3.05) is 0 Å². The van der Waals surface area contributed by atoms with E-state index in [0.29, 0.717) is 0 Å². The molecule has 0 radical (unpaired) electrons. The zero-order valence-corrected chi connectivity index (χ0v) is 12.7. The van der Waals surface area contributed by atoms with Gasteiger partial charge in [-0.15, -0.1) is 0 Å². The summed E-state index contributed by atoms with van der Waals surface area (Å²) >= 11 is -1.48. The fourth-order valence-corrected chi connectivity index (χ4v) is 0. The van der Waals surface area contributed by atoms with Gasteiger partial charge in [-0.2, -0.15) is 0 Å². The van der Waals surface area contributed by atoms with Gasteiger partial charge in [0.1, 0.15) is 0 Å². The molecule has 0 unspecified atom stereocenters. The minimum Gasteiger partial charge on any atom is 1.00 e. The summed E-state index contributed by atoms with van der Waals surface area (Å²) < 4.78 is 25.6. The zero-order valence-electron chi connectivity index (χ0n) is 5.08. The molecule has 0 aromatic rings. The standard InChI is InChI=1S/CH4Se.2Na.H2O3Se/c1-2;;;1-4(2)3/h2H,1H3;;;(H2,1,2,3)/q;2*+1;/p-2. The molecule has 0 aromatic heterocycles. The van der Waals surface area contributed by atoms with Crippen molar-refractivity contribution in [2.24, 2.45) is 0 Å². The second kappa shape index (κ2) is 22.6.